The first-order chi connectivity index (χ1) is 34.3. The van der Waals surface area contributed by atoms with E-state index in [2.05, 4.69) is 40.7 Å². The Morgan fingerprint density at radius 3 is 1.82 bits per heavy atom. The summed E-state index contributed by atoms with van der Waals surface area (Å²) in [6, 6.07) is 0. The summed E-state index contributed by atoms with van der Waals surface area (Å²) in [5.74, 6) is 0.372. The maximum absolute atomic E-state index is 11.6. The minimum Gasteiger partial charge on any atom is -0.396 e. The summed E-state index contributed by atoms with van der Waals surface area (Å²) in [5.41, 5.74) is -0.156. The number of aliphatic hydroxyl groups excluding tert-OH is 13. The zero-order valence-corrected chi connectivity index (χ0v) is 43.2. The molecule has 0 unspecified atom stereocenters. The van der Waals surface area contributed by atoms with Gasteiger partial charge in [0.2, 0.25) is 0 Å². The molecule has 4 saturated carbocycles. The molecule has 73 heavy (non-hydrogen) atoms. The van der Waals surface area contributed by atoms with Gasteiger partial charge in [0.05, 0.1) is 45.7 Å². The Hall–Kier alpha value is -1.10. The monoisotopic (exact) mass is 1050 g/mol. The third-order valence-corrected chi connectivity index (χ3v) is 20.9. The number of allylic oxidation sites excluding steroid dienone is 2. The highest BCUT2D eigenvalue weighted by Crippen LogP contribution is 2.76. The van der Waals surface area contributed by atoms with Crippen molar-refractivity contribution in [3.05, 3.63) is 11.6 Å². The van der Waals surface area contributed by atoms with Crippen LogP contribution in [0.1, 0.15) is 106 Å². The summed E-state index contributed by atoms with van der Waals surface area (Å²) >= 11 is 0. The van der Waals surface area contributed by atoms with Gasteiger partial charge in [0.15, 0.2) is 25.2 Å². The second-order valence-electron chi connectivity index (χ2n) is 25.3. The molecule has 9 aliphatic rings. The Kier molecular flexibility index (Phi) is 16.2. The molecular formula is C52H86O21. The average Bonchev–Trinajstić information content (AvgIpc) is 3.35. The first-order valence-corrected chi connectivity index (χ1v) is 26.8. The SMILES string of the molecule is CC1(C)CC[C@]2(CO[C@@H]3O[C@H](CO)[C@@H](O)[C@H](O)[C@H]3O)CC[C@]3(C)C(=CC[C@@H]4[C@@]5(C)CC[C@H](O[C@@H]6OC[C@H](O)[C@H](O)[C@H]6O[C@@H]6O[C@H](CO)[C@@H](O)[C@H](O)[C@H]6O[C@@H]6OC[C@H](O)[C@H](O)[C@H]6O)[C@@](C)(CO)[C@@H]5CC[C@]43C)[C@@H]2C1. The van der Waals surface area contributed by atoms with Crippen molar-refractivity contribution in [1.29, 1.82) is 0 Å². The summed E-state index contributed by atoms with van der Waals surface area (Å²) < 4.78 is 48.6. The highest BCUT2D eigenvalue weighted by atomic mass is 16.8. The normalized spacial score (nSPS) is 55.1. The van der Waals surface area contributed by atoms with Crippen LogP contribution < -0.4 is 0 Å². The van der Waals surface area contributed by atoms with Gasteiger partial charge in [-0.2, -0.15) is 0 Å². The van der Waals surface area contributed by atoms with Crippen LogP contribution in [0.15, 0.2) is 11.6 Å². The molecule has 27 atom stereocenters. The number of aliphatic hydroxyl groups is 13. The van der Waals surface area contributed by atoms with Gasteiger partial charge in [-0.1, -0.05) is 53.2 Å². The molecule has 0 radical (unpaired) electrons. The van der Waals surface area contributed by atoms with Crippen molar-refractivity contribution < 1.29 is 104 Å². The molecule has 4 heterocycles. The van der Waals surface area contributed by atoms with E-state index in [1.165, 1.54) is 5.57 Å². The van der Waals surface area contributed by atoms with E-state index in [0.29, 0.717) is 13.0 Å². The van der Waals surface area contributed by atoms with E-state index in [1.54, 1.807) is 0 Å². The van der Waals surface area contributed by atoms with Crippen LogP contribution in [0.25, 0.3) is 0 Å². The van der Waals surface area contributed by atoms with Gasteiger partial charge in [0.1, 0.15) is 85.5 Å². The fourth-order valence-electron chi connectivity index (χ4n) is 16.0. The van der Waals surface area contributed by atoms with Gasteiger partial charge < -0.3 is 104 Å². The number of fused-ring (bicyclic) bond motifs is 7. The largest absolute Gasteiger partial charge is 0.396 e. The molecule has 4 saturated heterocycles. The Labute approximate surface area is 427 Å². The Balaban J connectivity index is 0.948. The highest BCUT2D eigenvalue weighted by molar-refractivity contribution is 5.34. The van der Waals surface area contributed by atoms with Gasteiger partial charge in [-0.05, 0) is 104 Å². The first kappa shape index (κ1) is 56.6. The smallest absolute Gasteiger partial charge is 0.187 e. The number of hydrogen-bond acceptors (Lipinski definition) is 21. The van der Waals surface area contributed by atoms with E-state index >= 15 is 0 Å². The predicted molar refractivity (Wildman–Crippen MR) is 252 cm³/mol. The number of rotatable bonds is 12. The maximum atomic E-state index is 11.6. The molecule has 0 aromatic rings. The molecule has 0 bridgehead atoms. The zero-order chi connectivity index (χ0) is 53.0. The lowest BCUT2D eigenvalue weighted by atomic mass is 9.33. The van der Waals surface area contributed by atoms with Crippen molar-refractivity contribution in [2.45, 2.75) is 222 Å². The van der Waals surface area contributed by atoms with Gasteiger partial charge in [0, 0.05) is 10.8 Å². The van der Waals surface area contributed by atoms with Gasteiger partial charge in [-0.15, -0.1) is 0 Å². The standard InChI is InChI=1S/C52H86O21/c1-47(2)13-15-52(23-68-44-40(65)37(62)35(60)28(18-53)69-44)16-14-50(5)24(25(52)17-47)7-8-31-48(3)11-10-32(49(4,22-55)30(48)9-12-51(31,50)6)71-45-41(34(59)27(57)21-67-45)73-46-42(38(63)36(61)29(19-54)70-46)72-43-39(64)33(58)26(56)20-66-43/h7,25-46,53-65H,8-23H2,1-6H3/t25-,26-,27-,28+,29+,30+,31+,32-,33-,34-,35+,36+,37-,38-,39+,40+,41+,42+,43-,44+,45-,46-,48-,49-,50+,51+,52+/m0/s1. The summed E-state index contributed by atoms with van der Waals surface area (Å²) in [7, 11) is 0. The predicted octanol–water partition coefficient (Wildman–Crippen LogP) is -1.31. The van der Waals surface area contributed by atoms with Crippen molar-refractivity contribution in [1.82, 2.24) is 0 Å². The number of ether oxygens (including phenoxy) is 8. The van der Waals surface area contributed by atoms with E-state index in [4.69, 9.17) is 37.9 Å². The van der Waals surface area contributed by atoms with Crippen LogP contribution in [0, 0.1) is 50.2 Å². The molecular weight excluding hydrogens is 961 g/mol. The lowest BCUT2D eigenvalue weighted by molar-refractivity contribution is -0.389. The number of hydrogen-bond donors (Lipinski definition) is 13. The maximum Gasteiger partial charge on any atom is 0.187 e. The van der Waals surface area contributed by atoms with Gasteiger partial charge >= 0.3 is 0 Å². The second-order valence-corrected chi connectivity index (χ2v) is 25.3. The molecule has 5 aliphatic carbocycles. The third-order valence-electron chi connectivity index (χ3n) is 20.9. The van der Waals surface area contributed by atoms with Crippen LogP contribution in [0.5, 0.6) is 0 Å². The Morgan fingerprint density at radius 2 is 1.15 bits per heavy atom. The highest BCUT2D eigenvalue weighted by Gasteiger charge is 2.70. The molecule has 21 heteroatoms. The van der Waals surface area contributed by atoms with Crippen LogP contribution in [0.3, 0.4) is 0 Å². The van der Waals surface area contributed by atoms with E-state index in [9.17, 15) is 66.4 Å². The molecule has 0 amide bonds. The van der Waals surface area contributed by atoms with Crippen molar-refractivity contribution >= 4 is 0 Å². The fourth-order valence-corrected chi connectivity index (χ4v) is 16.0. The molecule has 0 aromatic heterocycles. The lowest BCUT2D eigenvalue weighted by Gasteiger charge is -2.71. The third kappa shape index (κ3) is 9.43. The summed E-state index contributed by atoms with van der Waals surface area (Å²) in [4.78, 5) is 0. The molecule has 13 N–H and O–H groups in total. The van der Waals surface area contributed by atoms with E-state index in [-0.39, 0.29) is 58.0 Å². The fraction of sp³-hybridized carbons (Fsp3) is 0.962. The second kappa shape index (κ2) is 20.8. The topological polar surface area (TPSA) is 337 Å². The van der Waals surface area contributed by atoms with Gasteiger partial charge in [0.25, 0.3) is 0 Å². The van der Waals surface area contributed by atoms with Gasteiger partial charge in [-0.3, -0.25) is 0 Å². The summed E-state index contributed by atoms with van der Waals surface area (Å²) in [5, 5.41) is 139. The molecule has 4 aliphatic heterocycles. The van der Waals surface area contributed by atoms with Gasteiger partial charge in [-0.25, -0.2) is 0 Å². The summed E-state index contributed by atoms with van der Waals surface area (Å²) in [6.07, 6.45) is -17.4. The average molecular weight is 1050 g/mol. The quantitative estimate of drug-likeness (QED) is 0.0797. The van der Waals surface area contributed by atoms with Crippen molar-refractivity contribution in [2.24, 2.45) is 50.2 Å². The zero-order valence-electron chi connectivity index (χ0n) is 43.2. The van der Waals surface area contributed by atoms with E-state index in [1.807, 2.05) is 6.92 Å². The minimum atomic E-state index is -1.83. The van der Waals surface area contributed by atoms with Crippen LogP contribution in [-0.4, -0.2) is 223 Å². The van der Waals surface area contributed by atoms with Crippen molar-refractivity contribution in [3.8, 4) is 0 Å². The van der Waals surface area contributed by atoms with Crippen molar-refractivity contribution in [3.63, 3.8) is 0 Å². The lowest BCUT2D eigenvalue weighted by Crippen LogP contribution is -2.67. The van der Waals surface area contributed by atoms with Crippen LogP contribution in [-0.2, 0) is 37.9 Å². The molecule has 8 fully saturated rings. The Morgan fingerprint density at radius 1 is 0.562 bits per heavy atom. The van der Waals surface area contributed by atoms with E-state index < -0.39 is 142 Å². The van der Waals surface area contributed by atoms with Crippen LogP contribution >= 0.6 is 0 Å². The molecule has 9 rings (SSSR count). The Bertz CT molecular complexity index is 1940. The molecule has 0 aromatic carbocycles. The molecule has 0 spiro atoms. The molecule has 21 nitrogen and oxygen atoms in total. The minimum absolute atomic E-state index is 0.0284. The van der Waals surface area contributed by atoms with Crippen LogP contribution in [0.4, 0.5) is 0 Å². The van der Waals surface area contributed by atoms with Crippen molar-refractivity contribution in [2.75, 3.05) is 39.6 Å². The first-order valence-electron chi connectivity index (χ1n) is 26.8. The van der Waals surface area contributed by atoms with E-state index in [0.717, 1.165) is 57.8 Å². The summed E-state index contributed by atoms with van der Waals surface area (Å²) in [6.45, 7) is 12.0. The van der Waals surface area contributed by atoms with Crippen LogP contribution in [0.2, 0.25) is 0 Å². The molecule has 420 valence electrons.